The van der Waals surface area contributed by atoms with E-state index in [0.717, 1.165) is 0 Å². The lowest BCUT2D eigenvalue weighted by atomic mass is 9.85. The number of hydrogen-bond acceptors (Lipinski definition) is 5. The van der Waals surface area contributed by atoms with Crippen LogP contribution in [0.25, 0.3) is 33.4 Å². The minimum Gasteiger partial charge on any atom is -0.508 e. The number of carboxylic acids is 1. The monoisotopic (exact) mass is 516 g/mol. The smallest absolute Gasteiger partial charge is 0.337 e. The fourth-order valence-corrected chi connectivity index (χ4v) is 5.57. The van der Waals surface area contributed by atoms with Crippen molar-refractivity contribution in [1.82, 2.24) is 5.32 Å². The van der Waals surface area contributed by atoms with E-state index < -0.39 is 5.97 Å². The third-order valence-corrected chi connectivity index (χ3v) is 7.40. The van der Waals surface area contributed by atoms with Gasteiger partial charge in [0.05, 0.1) is 11.3 Å². The van der Waals surface area contributed by atoms with Gasteiger partial charge in [0, 0.05) is 34.7 Å². The normalized spacial score (nSPS) is 14.9. The van der Waals surface area contributed by atoms with E-state index in [9.17, 15) is 19.8 Å². The maximum Gasteiger partial charge on any atom is 0.337 e. The zero-order valence-electron chi connectivity index (χ0n) is 20.4. The molecule has 0 saturated heterocycles. The molecule has 37 heavy (non-hydrogen) atoms. The van der Waals surface area contributed by atoms with E-state index in [0.29, 0.717) is 50.1 Å². The molecule has 2 aromatic carbocycles. The molecule has 0 unspecified atom stereocenters. The van der Waals surface area contributed by atoms with Crippen molar-refractivity contribution in [2.75, 3.05) is 5.32 Å². The Labute approximate surface area is 219 Å². The molecule has 5 rings (SSSR count). The molecule has 0 amide bonds. The van der Waals surface area contributed by atoms with Crippen molar-refractivity contribution >= 4 is 40.0 Å². The van der Waals surface area contributed by atoms with Crippen LogP contribution in [0.3, 0.4) is 0 Å². The highest BCUT2D eigenvalue weighted by atomic mass is 32.1. The van der Waals surface area contributed by atoms with Gasteiger partial charge in [0.15, 0.2) is 10.5 Å². The van der Waals surface area contributed by atoms with Gasteiger partial charge in [0.25, 0.3) is 0 Å². The van der Waals surface area contributed by atoms with E-state index in [1.807, 2.05) is 6.07 Å². The molecule has 1 fully saturated rings. The van der Waals surface area contributed by atoms with Gasteiger partial charge in [-0.2, -0.15) is 0 Å². The third-order valence-electron chi connectivity index (χ3n) is 7.18. The Hall–Kier alpha value is -3.91. The Kier molecular flexibility index (Phi) is 6.84. The summed E-state index contributed by atoms with van der Waals surface area (Å²) in [7, 11) is 0. The first-order valence-corrected chi connectivity index (χ1v) is 12.9. The summed E-state index contributed by atoms with van der Waals surface area (Å²) in [5.41, 5.74) is 2.62. The van der Waals surface area contributed by atoms with Crippen molar-refractivity contribution < 1.29 is 19.4 Å². The van der Waals surface area contributed by atoms with Crippen LogP contribution in [0.5, 0.6) is 5.75 Å². The molecular formula is C29H28N2O5S. The number of aromatic hydroxyl groups is 1. The van der Waals surface area contributed by atoms with Crippen molar-refractivity contribution in [3.05, 3.63) is 70.4 Å². The Morgan fingerprint density at radius 3 is 2.59 bits per heavy atom. The van der Waals surface area contributed by atoms with Gasteiger partial charge in [-0.05, 0) is 79.9 Å². The summed E-state index contributed by atoms with van der Waals surface area (Å²) in [6.45, 7) is 2.12. The molecule has 0 radical (unpaired) electrons. The molecule has 4 N–H and O–H groups in total. The van der Waals surface area contributed by atoms with E-state index in [1.165, 1.54) is 50.3 Å². The lowest BCUT2D eigenvalue weighted by Crippen LogP contribution is -2.41. The number of hydrogen-bond donors (Lipinski definition) is 4. The van der Waals surface area contributed by atoms with E-state index >= 15 is 0 Å². The van der Waals surface area contributed by atoms with Gasteiger partial charge in [-0.25, -0.2) is 4.79 Å². The van der Waals surface area contributed by atoms with Gasteiger partial charge in [0.2, 0.25) is 0 Å². The second kappa shape index (κ2) is 10.2. The number of anilines is 1. The summed E-state index contributed by atoms with van der Waals surface area (Å²) < 4.78 is 5.90. The van der Waals surface area contributed by atoms with E-state index in [1.54, 1.807) is 30.3 Å². The number of carboxylic acid groups (broad SMARTS) is 1. The standard InChI is InChI=1S/C29H28N2O5S/c1-16(17-5-3-2-4-6-17)30-29(37)31-24-12-7-18(13-23(24)28(34)35)27-21-10-8-19(32)14-25(21)36-26-15-20(33)9-11-22(26)27/h7-17,32H,2-6H2,1H3,(H,34,35)(H2,30,31,37)/t16-/m0/s1. The van der Waals surface area contributed by atoms with Crippen LogP contribution in [0, 0.1) is 5.92 Å². The first-order chi connectivity index (χ1) is 17.8. The zero-order valence-corrected chi connectivity index (χ0v) is 21.2. The van der Waals surface area contributed by atoms with E-state index in [4.69, 9.17) is 16.6 Å². The summed E-state index contributed by atoms with van der Waals surface area (Å²) in [5.74, 6) is -0.175. The van der Waals surface area contributed by atoms with Crippen molar-refractivity contribution in [1.29, 1.82) is 0 Å². The highest BCUT2D eigenvalue weighted by Crippen LogP contribution is 2.41. The number of nitrogens with one attached hydrogen (secondary N) is 2. The predicted octanol–water partition coefficient (Wildman–Crippen LogP) is 6.22. The zero-order chi connectivity index (χ0) is 26.1. The maximum atomic E-state index is 12.3. The lowest BCUT2D eigenvalue weighted by molar-refractivity contribution is 0.0698. The Balaban J connectivity index is 1.52. The molecule has 7 nitrogen and oxygen atoms in total. The first kappa shape index (κ1) is 24.8. The summed E-state index contributed by atoms with van der Waals surface area (Å²) in [6.07, 6.45) is 6.08. The SMILES string of the molecule is C[C@H](NC(=S)Nc1ccc(-c2c3ccc(=O)cc-3oc3cc(O)ccc23)cc1C(=O)O)C1CCCCC1. The largest absolute Gasteiger partial charge is 0.508 e. The molecule has 3 aliphatic rings. The molecule has 2 aromatic rings. The third kappa shape index (κ3) is 5.15. The minimum absolute atomic E-state index is 0.0223. The van der Waals surface area contributed by atoms with Crippen molar-refractivity contribution in [3.63, 3.8) is 0 Å². The van der Waals surface area contributed by atoms with Crippen LogP contribution in [-0.2, 0) is 0 Å². The minimum atomic E-state index is -1.10. The highest BCUT2D eigenvalue weighted by molar-refractivity contribution is 7.80. The second-order valence-corrected chi connectivity index (χ2v) is 10.1. The summed E-state index contributed by atoms with van der Waals surface area (Å²) in [5, 5.41) is 27.5. The topological polar surface area (TPSA) is 112 Å². The number of aromatic carboxylic acids is 1. The van der Waals surface area contributed by atoms with Gasteiger partial charge < -0.3 is 25.3 Å². The number of phenols is 1. The molecule has 1 aliphatic heterocycles. The molecule has 1 heterocycles. The van der Waals surface area contributed by atoms with Gasteiger partial charge in [-0.3, -0.25) is 4.79 Å². The van der Waals surface area contributed by atoms with Crippen LogP contribution < -0.4 is 16.1 Å². The van der Waals surface area contributed by atoms with Crippen molar-refractivity contribution in [2.45, 2.75) is 45.1 Å². The van der Waals surface area contributed by atoms with E-state index in [2.05, 4.69) is 17.6 Å². The first-order valence-electron chi connectivity index (χ1n) is 12.4. The molecule has 190 valence electrons. The number of phenolic OH excluding ortho intramolecular Hbond substituents is 1. The maximum absolute atomic E-state index is 12.3. The van der Waals surface area contributed by atoms with Gasteiger partial charge in [-0.1, -0.05) is 25.3 Å². The highest BCUT2D eigenvalue weighted by Gasteiger charge is 2.23. The number of rotatable bonds is 5. The van der Waals surface area contributed by atoms with E-state index in [-0.39, 0.29) is 22.8 Å². The number of thiocarbonyl (C=S) groups is 1. The van der Waals surface area contributed by atoms with Crippen molar-refractivity contribution in [3.8, 4) is 28.2 Å². The van der Waals surface area contributed by atoms with Gasteiger partial charge in [0.1, 0.15) is 17.1 Å². The van der Waals surface area contributed by atoms with Gasteiger partial charge in [-0.15, -0.1) is 0 Å². The molecular weight excluding hydrogens is 488 g/mol. The second-order valence-electron chi connectivity index (χ2n) is 9.67. The van der Waals surface area contributed by atoms with Crippen LogP contribution >= 0.6 is 12.2 Å². The van der Waals surface area contributed by atoms with Crippen LogP contribution in [0.2, 0.25) is 0 Å². The average Bonchev–Trinajstić information content (AvgIpc) is 2.87. The Bertz CT molecular complexity index is 1520. The lowest BCUT2D eigenvalue weighted by Gasteiger charge is -2.29. The van der Waals surface area contributed by atoms with Crippen LogP contribution in [0.15, 0.2) is 63.8 Å². The Morgan fingerprint density at radius 2 is 1.84 bits per heavy atom. The van der Waals surface area contributed by atoms with Gasteiger partial charge >= 0.3 is 5.97 Å². The number of carbonyl (C=O) groups is 1. The molecule has 0 spiro atoms. The van der Waals surface area contributed by atoms with Crippen LogP contribution in [-0.4, -0.2) is 27.3 Å². The number of fused-ring (bicyclic) bond motifs is 2. The van der Waals surface area contributed by atoms with Crippen LogP contribution in [0.1, 0.15) is 49.4 Å². The quantitative estimate of drug-likeness (QED) is 0.183. The Morgan fingerprint density at radius 1 is 1.05 bits per heavy atom. The summed E-state index contributed by atoms with van der Waals surface area (Å²) in [4.78, 5) is 24.3. The summed E-state index contributed by atoms with van der Waals surface area (Å²) in [6, 6.07) is 14.5. The molecule has 0 bridgehead atoms. The number of benzene rings is 3. The molecule has 0 aromatic heterocycles. The molecule has 8 heteroatoms. The van der Waals surface area contributed by atoms with Crippen molar-refractivity contribution in [2.24, 2.45) is 5.92 Å². The predicted molar refractivity (Wildman–Crippen MR) is 149 cm³/mol. The molecule has 2 aliphatic carbocycles. The molecule has 1 atom stereocenters. The average molecular weight is 517 g/mol. The molecule has 1 saturated carbocycles. The fourth-order valence-electron chi connectivity index (χ4n) is 5.27. The fraction of sp³-hybridized carbons (Fsp3) is 0.276. The summed E-state index contributed by atoms with van der Waals surface area (Å²) >= 11 is 5.52. The van der Waals surface area contributed by atoms with Crippen LogP contribution in [0.4, 0.5) is 5.69 Å².